The van der Waals surface area contributed by atoms with Crippen molar-refractivity contribution in [1.82, 2.24) is 15.5 Å². The van der Waals surface area contributed by atoms with Gasteiger partial charge in [0.25, 0.3) is 0 Å². The highest BCUT2D eigenvalue weighted by Gasteiger charge is 2.38. The monoisotopic (exact) mass is 195 g/mol. The van der Waals surface area contributed by atoms with Gasteiger partial charge in [0, 0.05) is 31.7 Å². The Hall–Kier alpha value is -0.120. The summed E-state index contributed by atoms with van der Waals surface area (Å²) in [6, 6.07) is 1.69. The highest BCUT2D eigenvalue weighted by Crippen LogP contribution is 2.25. The van der Waals surface area contributed by atoms with E-state index in [1.807, 2.05) is 0 Å². The van der Waals surface area contributed by atoms with Crippen molar-refractivity contribution in [1.29, 1.82) is 0 Å². The molecule has 80 valence electrons. The van der Waals surface area contributed by atoms with Crippen molar-refractivity contribution in [2.24, 2.45) is 5.92 Å². The standard InChI is InChI=1S/C11H21N3/c1-3-12-4-2-9(1)7-14-8-10-5-11(14)6-13-10/h9-13H,1-8H2. The first kappa shape index (κ1) is 9.13. The summed E-state index contributed by atoms with van der Waals surface area (Å²) in [5, 5.41) is 7.01. The van der Waals surface area contributed by atoms with E-state index in [9.17, 15) is 0 Å². The van der Waals surface area contributed by atoms with Crippen LogP contribution in [0.3, 0.4) is 0 Å². The number of likely N-dealkylation sites (tertiary alicyclic amines) is 1. The second kappa shape index (κ2) is 3.80. The lowest BCUT2D eigenvalue weighted by Crippen LogP contribution is -2.46. The average molecular weight is 195 g/mol. The van der Waals surface area contributed by atoms with Crippen molar-refractivity contribution in [3.05, 3.63) is 0 Å². The fraction of sp³-hybridized carbons (Fsp3) is 1.00. The van der Waals surface area contributed by atoms with Gasteiger partial charge >= 0.3 is 0 Å². The Morgan fingerprint density at radius 1 is 1.21 bits per heavy atom. The Balaban J connectivity index is 1.52. The molecule has 2 bridgehead atoms. The Morgan fingerprint density at radius 3 is 2.71 bits per heavy atom. The number of fused-ring (bicyclic) bond motifs is 2. The number of nitrogens with zero attached hydrogens (tertiary/aromatic N) is 1. The van der Waals surface area contributed by atoms with E-state index >= 15 is 0 Å². The molecule has 3 heterocycles. The van der Waals surface area contributed by atoms with Crippen molar-refractivity contribution in [2.45, 2.75) is 31.3 Å². The predicted octanol–water partition coefficient (Wildman–Crippen LogP) is 0.0321. The molecule has 2 atom stereocenters. The Kier molecular flexibility index (Phi) is 2.48. The van der Waals surface area contributed by atoms with Crippen LogP contribution in [-0.2, 0) is 0 Å². The Bertz CT molecular complexity index is 201. The van der Waals surface area contributed by atoms with E-state index in [1.165, 1.54) is 52.0 Å². The first-order valence-electron chi connectivity index (χ1n) is 6.10. The van der Waals surface area contributed by atoms with E-state index in [0.29, 0.717) is 0 Å². The zero-order valence-electron chi connectivity index (χ0n) is 8.84. The average Bonchev–Trinajstić information content (AvgIpc) is 2.81. The van der Waals surface area contributed by atoms with Gasteiger partial charge in [0.2, 0.25) is 0 Å². The van der Waals surface area contributed by atoms with Gasteiger partial charge in [-0.15, -0.1) is 0 Å². The third-order valence-electron chi connectivity index (χ3n) is 4.12. The zero-order valence-corrected chi connectivity index (χ0v) is 8.84. The summed E-state index contributed by atoms with van der Waals surface area (Å²) in [5.41, 5.74) is 0. The van der Waals surface area contributed by atoms with Crippen LogP contribution in [0.25, 0.3) is 0 Å². The molecule has 3 aliphatic heterocycles. The molecule has 3 rings (SSSR count). The summed E-state index contributed by atoms with van der Waals surface area (Å²) in [5.74, 6) is 0.968. The van der Waals surface area contributed by atoms with Crippen molar-refractivity contribution < 1.29 is 0 Å². The molecule has 0 aliphatic carbocycles. The SMILES string of the molecule is C1CC(CN2CC3CC2CN3)CCN1. The van der Waals surface area contributed by atoms with E-state index < -0.39 is 0 Å². The summed E-state index contributed by atoms with van der Waals surface area (Å²) in [6.45, 7) is 6.41. The molecule has 0 aromatic rings. The molecule has 14 heavy (non-hydrogen) atoms. The fourth-order valence-corrected chi connectivity index (χ4v) is 3.27. The molecule has 3 heteroatoms. The van der Waals surface area contributed by atoms with E-state index in [-0.39, 0.29) is 0 Å². The van der Waals surface area contributed by atoms with E-state index in [2.05, 4.69) is 15.5 Å². The molecule has 3 fully saturated rings. The number of piperazine rings is 1. The van der Waals surface area contributed by atoms with Gasteiger partial charge in [-0.05, 0) is 38.3 Å². The van der Waals surface area contributed by atoms with Crippen molar-refractivity contribution in [3.8, 4) is 0 Å². The van der Waals surface area contributed by atoms with Crippen LogP contribution in [-0.4, -0.2) is 49.7 Å². The number of hydrogen-bond acceptors (Lipinski definition) is 3. The van der Waals surface area contributed by atoms with E-state index in [4.69, 9.17) is 0 Å². The predicted molar refractivity (Wildman–Crippen MR) is 57.4 cm³/mol. The van der Waals surface area contributed by atoms with Crippen molar-refractivity contribution in [3.63, 3.8) is 0 Å². The largest absolute Gasteiger partial charge is 0.317 e. The summed E-state index contributed by atoms with van der Waals surface area (Å²) in [4.78, 5) is 2.73. The minimum absolute atomic E-state index is 0.821. The summed E-state index contributed by atoms with van der Waals surface area (Å²) in [7, 11) is 0. The van der Waals surface area contributed by atoms with Crippen LogP contribution in [0.1, 0.15) is 19.3 Å². The van der Waals surface area contributed by atoms with E-state index in [1.54, 1.807) is 0 Å². The first-order valence-corrected chi connectivity index (χ1v) is 6.10. The lowest BCUT2D eigenvalue weighted by Gasteiger charge is -2.32. The van der Waals surface area contributed by atoms with Gasteiger partial charge in [0.1, 0.15) is 0 Å². The van der Waals surface area contributed by atoms with Crippen LogP contribution in [0.15, 0.2) is 0 Å². The van der Waals surface area contributed by atoms with Crippen LogP contribution < -0.4 is 10.6 Å². The molecule has 0 saturated carbocycles. The van der Waals surface area contributed by atoms with Gasteiger partial charge in [-0.25, -0.2) is 0 Å². The van der Waals surface area contributed by atoms with Crippen LogP contribution in [0.4, 0.5) is 0 Å². The Labute approximate surface area is 86.2 Å². The molecular formula is C11H21N3. The normalized spacial score (nSPS) is 39.4. The molecular weight excluding hydrogens is 174 g/mol. The maximum atomic E-state index is 3.57. The van der Waals surface area contributed by atoms with Gasteiger partial charge in [0.15, 0.2) is 0 Å². The highest BCUT2D eigenvalue weighted by atomic mass is 15.3. The molecule has 3 saturated heterocycles. The van der Waals surface area contributed by atoms with Gasteiger partial charge in [-0.1, -0.05) is 0 Å². The highest BCUT2D eigenvalue weighted by molar-refractivity contribution is 4.97. The third-order valence-corrected chi connectivity index (χ3v) is 4.12. The van der Waals surface area contributed by atoms with Crippen LogP contribution in [0, 0.1) is 5.92 Å². The zero-order chi connectivity index (χ0) is 9.38. The third kappa shape index (κ3) is 1.69. The molecule has 0 spiro atoms. The summed E-state index contributed by atoms with van der Waals surface area (Å²) in [6.07, 6.45) is 4.19. The molecule has 3 nitrogen and oxygen atoms in total. The maximum absolute atomic E-state index is 3.57. The molecule has 0 aromatic carbocycles. The topological polar surface area (TPSA) is 27.3 Å². The number of hydrogen-bond donors (Lipinski definition) is 2. The van der Waals surface area contributed by atoms with Crippen LogP contribution >= 0.6 is 0 Å². The van der Waals surface area contributed by atoms with Gasteiger partial charge < -0.3 is 10.6 Å². The lowest BCUT2D eigenvalue weighted by atomic mass is 9.97. The Morgan fingerprint density at radius 2 is 2.07 bits per heavy atom. The first-order chi connectivity index (χ1) is 6.92. The van der Waals surface area contributed by atoms with Crippen LogP contribution in [0.5, 0.6) is 0 Å². The molecule has 2 N–H and O–H groups in total. The summed E-state index contributed by atoms with van der Waals surface area (Å²) < 4.78 is 0. The number of nitrogens with one attached hydrogen (secondary N) is 2. The van der Waals surface area contributed by atoms with Gasteiger partial charge in [-0.2, -0.15) is 0 Å². The van der Waals surface area contributed by atoms with Gasteiger partial charge in [-0.3, -0.25) is 4.90 Å². The molecule has 0 aromatic heterocycles. The fourth-order valence-electron chi connectivity index (χ4n) is 3.27. The smallest absolute Gasteiger partial charge is 0.0236 e. The van der Waals surface area contributed by atoms with Crippen molar-refractivity contribution in [2.75, 3.05) is 32.7 Å². The number of piperidine rings is 1. The molecule has 2 unspecified atom stereocenters. The van der Waals surface area contributed by atoms with E-state index in [0.717, 1.165) is 18.0 Å². The van der Waals surface area contributed by atoms with Gasteiger partial charge in [0.05, 0.1) is 0 Å². The van der Waals surface area contributed by atoms with Crippen molar-refractivity contribution >= 4 is 0 Å². The second-order valence-corrected chi connectivity index (χ2v) is 5.14. The molecule has 3 aliphatic rings. The summed E-state index contributed by atoms with van der Waals surface area (Å²) >= 11 is 0. The number of rotatable bonds is 2. The minimum Gasteiger partial charge on any atom is -0.317 e. The van der Waals surface area contributed by atoms with Crippen LogP contribution in [0.2, 0.25) is 0 Å². The second-order valence-electron chi connectivity index (χ2n) is 5.14. The minimum atomic E-state index is 0.821. The molecule has 0 radical (unpaired) electrons. The lowest BCUT2D eigenvalue weighted by molar-refractivity contribution is 0.174. The maximum Gasteiger partial charge on any atom is 0.0236 e. The quantitative estimate of drug-likeness (QED) is 0.651. The molecule has 0 amide bonds.